The van der Waals surface area contributed by atoms with Gasteiger partial charge in [-0.25, -0.2) is 9.97 Å². The van der Waals surface area contributed by atoms with Gasteiger partial charge < -0.3 is 0 Å². The molecule has 4 nitrogen and oxygen atoms in total. The van der Waals surface area contributed by atoms with Crippen LogP contribution in [0.2, 0.25) is 5.15 Å². The number of aryl methyl sites for hydroxylation is 3. The van der Waals surface area contributed by atoms with E-state index in [1.54, 1.807) is 4.68 Å². The van der Waals surface area contributed by atoms with Crippen molar-refractivity contribution in [2.24, 2.45) is 0 Å². The van der Waals surface area contributed by atoms with Crippen molar-refractivity contribution in [3.05, 3.63) is 34.4 Å². The molecule has 0 unspecified atom stereocenters. The molecule has 0 fully saturated rings. The van der Waals surface area contributed by atoms with E-state index in [1.807, 2.05) is 26.0 Å². The summed E-state index contributed by atoms with van der Waals surface area (Å²) in [6.45, 7) is 5.98. The lowest BCUT2D eigenvalue weighted by Crippen LogP contribution is -2.05. The molecule has 0 saturated carbocycles. The average Bonchev–Trinajstić information content (AvgIpc) is 2.58. The number of hydrogen-bond donors (Lipinski definition) is 0. The molecule has 5 heteroatoms. The van der Waals surface area contributed by atoms with Crippen molar-refractivity contribution in [3.8, 4) is 5.95 Å². The average molecular weight is 251 g/mol. The number of rotatable bonds is 3. The van der Waals surface area contributed by atoms with Gasteiger partial charge in [0.25, 0.3) is 5.95 Å². The molecular formula is C12H15ClN4. The number of aromatic nitrogens is 4. The van der Waals surface area contributed by atoms with Crippen molar-refractivity contribution in [1.82, 2.24) is 19.7 Å². The maximum Gasteiger partial charge on any atom is 0.252 e. The molecule has 2 aromatic rings. The summed E-state index contributed by atoms with van der Waals surface area (Å²) >= 11 is 6.14. The van der Waals surface area contributed by atoms with Crippen molar-refractivity contribution in [2.45, 2.75) is 33.6 Å². The maximum atomic E-state index is 6.14. The molecule has 0 N–H and O–H groups in total. The molecule has 0 spiro atoms. The Balaban J connectivity index is 2.44. The molecular weight excluding hydrogens is 236 g/mol. The van der Waals surface area contributed by atoms with E-state index in [1.165, 1.54) is 0 Å². The first-order valence-electron chi connectivity index (χ1n) is 5.67. The molecule has 17 heavy (non-hydrogen) atoms. The molecule has 2 aromatic heterocycles. The highest BCUT2D eigenvalue weighted by molar-refractivity contribution is 6.29. The van der Waals surface area contributed by atoms with E-state index >= 15 is 0 Å². The number of hydrogen-bond acceptors (Lipinski definition) is 3. The van der Waals surface area contributed by atoms with Crippen LogP contribution in [0, 0.1) is 13.8 Å². The lowest BCUT2D eigenvalue weighted by atomic mass is 10.3. The lowest BCUT2D eigenvalue weighted by Gasteiger charge is -2.03. The molecule has 0 aliphatic carbocycles. The van der Waals surface area contributed by atoms with Crippen molar-refractivity contribution < 1.29 is 0 Å². The monoisotopic (exact) mass is 250 g/mol. The molecule has 2 rings (SSSR count). The fraction of sp³-hybridized carbons (Fsp3) is 0.417. The van der Waals surface area contributed by atoms with Gasteiger partial charge in [-0.1, -0.05) is 24.9 Å². The molecule has 0 amide bonds. The molecule has 0 bridgehead atoms. The number of nitrogens with zero attached hydrogens (tertiary/aromatic N) is 4. The molecule has 0 aliphatic rings. The fourth-order valence-corrected chi connectivity index (χ4v) is 1.96. The van der Waals surface area contributed by atoms with E-state index in [9.17, 15) is 0 Å². The predicted molar refractivity (Wildman–Crippen MR) is 67.6 cm³/mol. The molecule has 0 saturated heterocycles. The first-order valence-corrected chi connectivity index (χ1v) is 6.05. The van der Waals surface area contributed by atoms with Gasteiger partial charge in [-0.15, -0.1) is 0 Å². The predicted octanol–water partition coefficient (Wildman–Crippen LogP) is 2.89. The summed E-state index contributed by atoms with van der Waals surface area (Å²) in [5, 5.41) is 4.97. The quantitative estimate of drug-likeness (QED) is 0.841. The maximum absolute atomic E-state index is 6.14. The van der Waals surface area contributed by atoms with Gasteiger partial charge in [0.1, 0.15) is 5.15 Å². The smallest absolute Gasteiger partial charge is 0.216 e. The highest BCUT2D eigenvalue weighted by atomic mass is 35.5. The molecule has 0 aliphatic heterocycles. The molecule has 0 aromatic carbocycles. The molecule has 0 atom stereocenters. The van der Waals surface area contributed by atoms with Gasteiger partial charge >= 0.3 is 0 Å². The zero-order chi connectivity index (χ0) is 12.4. The largest absolute Gasteiger partial charge is 0.252 e. The van der Waals surface area contributed by atoms with Gasteiger partial charge in [0, 0.05) is 11.4 Å². The summed E-state index contributed by atoms with van der Waals surface area (Å²) in [4.78, 5) is 8.69. The summed E-state index contributed by atoms with van der Waals surface area (Å²) in [5.41, 5.74) is 2.80. The molecule has 0 radical (unpaired) electrons. The first kappa shape index (κ1) is 12.0. The van der Waals surface area contributed by atoms with E-state index in [0.29, 0.717) is 11.1 Å². The second-order valence-corrected chi connectivity index (χ2v) is 4.46. The van der Waals surface area contributed by atoms with Crippen LogP contribution >= 0.6 is 11.6 Å². The van der Waals surface area contributed by atoms with Gasteiger partial charge in [0.15, 0.2) is 0 Å². The van der Waals surface area contributed by atoms with Crippen LogP contribution in [0.25, 0.3) is 5.95 Å². The Kier molecular flexibility index (Phi) is 3.43. The third kappa shape index (κ3) is 2.64. The van der Waals surface area contributed by atoms with E-state index in [-0.39, 0.29) is 0 Å². The third-order valence-corrected chi connectivity index (χ3v) is 2.65. The summed E-state index contributed by atoms with van der Waals surface area (Å²) in [7, 11) is 0. The van der Waals surface area contributed by atoms with Crippen LogP contribution in [0.3, 0.4) is 0 Å². The second-order valence-electron chi connectivity index (χ2n) is 4.07. The summed E-state index contributed by atoms with van der Waals surface area (Å²) in [6, 6.07) is 3.79. The first-order chi connectivity index (χ1) is 8.10. The Morgan fingerprint density at radius 1 is 1.18 bits per heavy atom. The van der Waals surface area contributed by atoms with Gasteiger partial charge in [-0.3, -0.25) is 0 Å². The van der Waals surface area contributed by atoms with Crippen molar-refractivity contribution in [1.29, 1.82) is 0 Å². The summed E-state index contributed by atoms with van der Waals surface area (Å²) in [5.74, 6) is 0.537. The Morgan fingerprint density at radius 3 is 2.41 bits per heavy atom. The van der Waals surface area contributed by atoms with Crippen LogP contribution in [0.1, 0.15) is 30.4 Å². The van der Waals surface area contributed by atoms with Crippen LogP contribution in [0.4, 0.5) is 0 Å². The standard InChI is InChI=1S/C12H15ClN4/c1-4-5-10-7-11(13)17(16-10)12-14-8(2)6-9(3)15-12/h6-7H,4-5H2,1-3H3. The fourth-order valence-electron chi connectivity index (χ4n) is 1.72. The van der Waals surface area contributed by atoms with Gasteiger partial charge in [0.05, 0.1) is 5.69 Å². The summed E-state index contributed by atoms with van der Waals surface area (Å²) in [6.07, 6.45) is 1.96. The zero-order valence-electron chi connectivity index (χ0n) is 10.2. The number of halogens is 1. The van der Waals surface area contributed by atoms with E-state index < -0.39 is 0 Å². The lowest BCUT2D eigenvalue weighted by molar-refractivity contribution is 0.760. The summed E-state index contributed by atoms with van der Waals surface area (Å²) < 4.78 is 1.59. The minimum absolute atomic E-state index is 0.537. The van der Waals surface area contributed by atoms with E-state index in [2.05, 4.69) is 22.0 Å². The molecule has 90 valence electrons. The Hall–Kier alpha value is -1.42. The Labute approximate surface area is 106 Å². The normalized spacial score (nSPS) is 10.8. The van der Waals surface area contributed by atoms with Crippen molar-refractivity contribution in [3.63, 3.8) is 0 Å². The van der Waals surface area contributed by atoms with Gasteiger partial charge in [-0.2, -0.15) is 9.78 Å². The van der Waals surface area contributed by atoms with Crippen LogP contribution < -0.4 is 0 Å². The highest BCUT2D eigenvalue weighted by Crippen LogP contribution is 2.16. The second kappa shape index (κ2) is 4.84. The van der Waals surface area contributed by atoms with Crippen molar-refractivity contribution in [2.75, 3.05) is 0 Å². The zero-order valence-corrected chi connectivity index (χ0v) is 11.0. The SMILES string of the molecule is CCCc1cc(Cl)n(-c2nc(C)cc(C)n2)n1. The van der Waals surface area contributed by atoms with Crippen LogP contribution in [-0.2, 0) is 6.42 Å². The third-order valence-electron chi connectivity index (χ3n) is 2.38. The highest BCUT2D eigenvalue weighted by Gasteiger charge is 2.10. The van der Waals surface area contributed by atoms with Gasteiger partial charge in [0.2, 0.25) is 0 Å². The van der Waals surface area contributed by atoms with Crippen molar-refractivity contribution >= 4 is 11.6 Å². The molecule has 2 heterocycles. The van der Waals surface area contributed by atoms with Crippen LogP contribution in [0.5, 0.6) is 0 Å². The minimum Gasteiger partial charge on any atom is -0.216 e. The Bertz CT molecular complexity index is 513. The topological polar surface area (TPSA) is 43.6 Å². The van der Waals surface area contributed by atoms with E-state index in [0.717, 1.165) is 29.9 Å². The van der Waals surface area contributed by atoms with Crippen LogP contribution in [-0.4, -0.2) is 19.7 Å². The van der Waals surface area contributed by atoms with Gasteiger partial charge in [-0.05, 0) is 32.4 Å². The van der Waals surface area contributed by atoms with E-state index in [4.69, 9.17) is 11.6 Å². The Morgan fingerprint density at radius 2 is 1.82 bits per heavy atom. The van der Waals surface area contributed by atoms with Crippen LogP contribution in [0.15, 0.2) is 12.1 Å². The minimum atomic E-state index is 0.537.